The third-order valence-electron chi connectivity index (χ3n) is 1.61. The highest BCUT2D eigenvalue weighted by molar-refractivity contribution is 5.45. The van der Waals surface area contributed by atoms with Crippen molar-refractivity contribution < 1.29 is 18.3 Å². The van der Waals surface area contributed by atoms with Crippen LogP contribution in [0.3, 0.4) is 0 Å². The van der Waals surface area contributed by atoms with Crippen molar-refractivity contribution in [2.24, 2.45) is 0 Å². The van der Waals surface area contributed by atoms with E-state index in [1.807, 2.05) is 0 Å². The van der Waals surface area contributed by atoms with Gasteiger partial charge < -0.3 is 10.8 Å². The predicted molar refractivity (Wildman–Crippen MR) is 41.8 cm³/mol. The standard InChI is InChI=1S/C8H8F3NO/c9-8(10,11)7-3-6(12)2-1-5(7)4-13/h1-3,13H,4,12H2. The zero-order chi connectivity index (χ0) is 10.1. The molecule has 0 bridgehead atoms. The molecule has 1 rings (SSSR count). The minimum atomic E-state index is -4.46. The Morgan fingerprint density at radius 1 is 1.31 bits per heavy atom. The van der Waals surface area contributed by atoms with Gasteiger partial charge in [0.25, 0.3) is 0 Å². The Bertz CT molecular complexity index is 309. The molecule has 13 heavy (non-hydrogen) atoms. The number of hydrogen-bond donors (Lipinski definition) is 2. The quantitative estimate of drug-likeness (QED) is 0.664. The average molecular weight is 191 g/mol. The van der Waals surface area contributed by atoms with Crippen molar-refractivity contribution in [3.63, 3.8) is 0 Å². The number of halogens is 3. The molecular formula is C8H8F3NO. The van der Waals surface area contributed by atoms with E-state index in [9.17, 15) is 13.2 Å². The summed E-state index contributed by atoms with van der Waals surface area (Å²) >= 11 is 0. The lowest BCUT2D eigenvalue weighted by atomic mass is 10.1. The van der Waals surface area contributed by atoms with E-state index in [1.54, 1.807) is 0 Å². The van der Waals surface area contributed by atoms with E-state index < -0.39 is 18.3 Å². The first-order valence-electron chi connectivity index (χ1n) is 3.51. The molecule has 0 unspecified atom stereocenters. The summed E-state index contributed by atoms with van der Waals surface area (Å²) in [6.45, 7) is -0.644. The Kier molecular flexibility index (Phi) is 2.47. The number of nitrogen functional groups attached to an aromatic ring is 1. The van der Waals surface area contributed by atoms with Crippen molar-refractivity contribution in [1.82, 2.24) is 0 Å². The number of alkyl halides is 3. The SMILES string of the molecule is Nc1ccc(CO)c(C(F)(F)F)c1. The van der Waals surface area contributed by atoms with Crippen LogP contribution in [0, 0.1) is 0 Å². The predicted octanol–water partition coefficient (Wildman–Crippen LogP) is 1.78. The summed E-state index contributed by atoms with van der Waals surface area (Å²) in [7, 11) is 0. The molecule has 3 N–H and O–H groups in total. The van der Waals surface area contributed by atoms with Gasteiger partial charge in [-0.05, 0) is 17.7 Å². The van der Waals surface area contributed by atoms with Gasteiger partial charge in [0.05, 0.1) is 12.2 Å². The highest BCUT2D eigenvalue weighted by atomic mass is 19.4. The van der Waals surface area contributed by atoms with Gasteiger partial charge in [0, 0.05) is 5.69 Å². The van der Waals surface area contributed by atoms with Crippen LogP contribution in [0.2, 0.25) is 0 Å². The highest BCUT2D eigenvalue weighted by Gasteiger charge is 2.33. The van der Waals surface area contributed by atoms with E-state index >= 15 is 0 Å². The molecule has 72 valence electrons. The van der Waals surface area contributed by atoms with Crippen molar-refractivity contribution in [2.75, 3.05) is 5.73 Å². The van der Waals surface area contributed by atoms with E-state index in [0.29, 0.717) is 0 Å². The molecule has 0 aliphatic rings. The number of aliphatic hydroxyl groups excluding tert-OH is 1. The maximum atomic E-state index is 12.2. The molecule has 1 aromatic rings. The van der Waals surface area contributed by atoms with Crippen molar-refractivity contribution in [3.05, 3.63) is 29.3 Å². The Balaban J connectivity index is 3.24. The van der Waals surface area contributed by atoms with Gasteiger partial charge in [-0.3, -0.25) is 0 Å². The first kappa shape index (κ1) is 9.85. The summed E-state index contributed by atoms with van der Waals surface area (Å²) in [5.41, 5.74) is 4.18. The zero-order valence-electron chi connectivity index (χ0n) is 6.60. The molecule has 2 nitrogen and oxygen atoms in total. The molecule has 0 radical (unpaired) electrons. The van der Waals surface area contributed by atoms with Crippen LogP contribution in [0.1, 0.15) is 11.1 Å². The lowest BCUT2D eigenvalue weighted by Crippen LogP contribution is -2.09. The van der Waals surface area contributed by atoms with Gasteiger partial charge in [-0.2, -0.15) is 13.2 Å². The van der Waals surface area contributed by atoms with Crippen LogP contribution in [0.25, 0.3) is 0 Å². The molecule has 0 spiro atoms. The number of rotatable bonds is 1. The van der Waals surface area contributed by atoms with Crippen molar-refractivity contribution >= 4 is 5.69 Å². The summed E-state index contributed by atoms with van der Waals surface area (Å²) in [5, 5.41) is 8.63. The molecule has 5 heteroatoms. The summed E-state index contributed by atoms with van der Waals surface area (Å²) in [6.07, 6.45) is -4.46. The first-order chi connectivity index (χ1) is 5.95. The Morgan fingerprint density at radius 2 is 1.92 bits per heavy atom. The molecule has 0 aromatic heterocycles. The number of hydrogen-bond acceptors (Lipinski definition) is 2. The van der Waals surface area contributed by atoms with Crippen molar-refractivity contribution in [3.8, 4) is 0 Å². The molecule has 0 saturated carbocycles. The second-order valence-electron chi connectivity index (χ2n) is 2.57. The van der Waals surface area contributed by atoms with Crippen LogP contribution < -0.4 is 5.73 Å². The largest absolute Gasteiger partial charge is 0.416 e. The second kappa shape index (κ2) is 3.26. The van der Waals surface area contributed by atoms with Crippen molar-refractivity contribution in [1.29, 1.82) is 0 Å². The van der Waals surface area contributed by atoms with Crippen LogP contribution in [0.15, 0.2) is 18.2 Å². The molecule has 0 fully saturated rings. The number of nitrogens with two attached hydrogens (primary N) is 1. The third kappa shape index (κ3) is 2.12. The number of benzene rings is 1. The van der Waals surface area contributed by atoms with Crippen LogP contribution in [0.4, 0.5) is 18.9 Å². The van der Waals surface area contributed by atoms with Gasteiger partial charge >= 0.3 is 6.18 Å². The lowest BCUT2D eigenvalue weighted by molar-refractivity contribution is -0.138. The maximum absolute atomic E-state index is 12.2. The van der Waals surface area contributed by atoms with E-state index in [4.69, 9.17) is 10.8 Å². The topological polar surface area (TPSA) is 46.2 Å². The number of aliphatic hydroxyl groups is 1. The molecule has 0 saturated heterocycles. The minimum Gasteiger partial charge on any atom is -0.399 e. The smallest absolute Gasteiger partial charge is 0.399 e. The summed E-state index contributed by atoms with van der Waals surface area (Å²) in [6, 6.07) is 3.30. The van der Waals surface area contributed by atoms with Gasteiger partial charge in [0.15, 0.2) is 0 Å². The lowest BCUT2D eigenvalue weighted by Gasteiger charge is -2.11. The van der Waals surface area contributed by atoms with Crippen molar-refractivity contribution in [2.45, 2.75) is 12.8 Å². The maximum Gasteiger partial charge on any atom is 0.416 e. The Morgan fingerprint density at radius 3 is 2.38 bits per heavy atom. The van der Waals surface area contributed by atoms with Gasteiger partial charge in [0.1, 0.15) is 0 Å². The highest BCUT2D eigenvalue weighted by Crippen LogP contribution is 2.33. The first-order valence-corrected chi connectivity index (χ1v) is 3.51. The van der Waals surface area contributed by atoms with Gasteiger partial charge in [-0.25, -0.2) is 0 Å². The van der Waals surface area contributed by atoms with E-state index in [1.165, 1.54) is 6.07 Å². The average Bonchev–Trinajstić information content (AvgIpc) is 2.03. The molecule has 1 aromatic carbocycles. The summed E-state index contributed by atoms with van der Waals surface area (Å²) in [4.78, 5) is 0. The summed E-state index contributed by atoms with van der Waals surface area (Å²) < 4.78 is 36.7. The van der Waals surface area contributed by atoms with Gasteiger partial charge in [-0.15, -0.1) is 0 Å². The fraction of sp³-hybridized carbons (Fsp3) is 0.250. The molecule has 0 aliphatic carbocycles. The van der Waals surface area contributed by atoms with Gasteiger partial charge in [-0.1, -0.05) is 6.07 Å². The Hall–Kier alpha value is -1.23. The second-order valence-corrected chi connectivity index (χ2v) is 2.57. The molecule has 0 atom stereocenters. The van der Waals surface area contributed by atoms with Crippen LogP contribution in [-0.4, -0.2) is 5.11 Å². The van der Waals surface area contributed by atoms with E-state index in [-0.39, 0.29) is 11.3 Å². The normalized spacial score (nSPS) is 11.7. The van der Waals surface area contributed by atoms with E-state index in [2.05, 4.69) is 0 Å². The summed E-state index contributed by atoms with van der Waals surface area (Å²) in [5.74, 6) is 0. The fourth-order valence-corrected chi connectivity index (χ4v) is 0.996. The molecule has 0 heterocycles. The van der Waals surface area contributed by atoms with Gasteiger partial charge in [0.2, 0.25) is 0 Å². The van der Waals surface area contributed by atoms with Crippen LogP contribution in [-0.2, 0) is 12.8 Å². The molecular weight excluding hydrogens is 183 g/mol. The fourth-order valence-electron chi connectivity index (χ4n) is 0.996. The minimum absolute atomic E-state index is 0.0320. The molecule has 0 amide bonds. The van der Waals surface area contributed by atoms with Crippen LogP contribution >= 0.6 is 0 Å². The van der Waals surface area contributed by atoms with E-state index in [0.717, 1.165) is 12.1 Å². The zero-order valence-corrected chi connectivity index (χ0v) is 6.60. The molecule has 0 aliphatic heterocycles. The monoisotopic (exact) mass is 191 g/mol. The Labute approximate surface area is 72.8 Å². The number of anilines is 1. The third-order valence-corrected chi connectivity index (χ3v) is 1.61. The van der Waals surface area contributed by atoms with Crippen LogP contribution in [0.5, 0.6) is 0 Å².